The van der Waals surface area contributed by atoms with Crippen LogP contribution in [0, 0.1) is 5.92 Å². The molecule has 0 aromatic carbocycles. The number of anilines is 1. The Hall–Kier alpha value is -2.05. The zero-order valence-electron chi connectivity index (χ0n) is 13.8. The van der Waals surface area contributed by atoms with Crippen molar-refractivity contribution in [1.82, 2.24) is 14.5 Å². The van der Waals surface area contributed by atoms with Gasteiger partial charge in [-0.2, -0.15) is 0 Å². The monoisotopic (exact) mass is 308 g/mol. The molecule has 1 saturated heterocycles. The van der Waals surface area contributed by atoms with Gasteiger partial charge in [-0.25, -0.2) is 4.79 Å². The maximum absolute atomic E-state index is 12.2. The molecule has 1 aliphatic heterocycles. The Morgan fingerprint density at radius 1 is 1.23 bits per heavy atom. The second kappa shape index (κ2) is 5.62. The molecule has 2 rings (SSSR count). The molecule has 122 valence electrons. The molecule has 1 unspecified atom stereocenters. The van der Waals surface area contributed by atoms with Gasteiger partial charge in [0.15, 0.2) is 0 Å². The molecule has 22 heavy (non-hydrogen) atoms. The summed E-state index contributed by atoms with van der Waals surface area (Å²) in [5.41, 5.74) is -0.953. The Morgan fingerprint density at radius 2 is 1.86 bits per heavy atom. The lowest BCUT2D eigenvalue weighted by Gasteiger charge is -2.24. The number of rotatable bonds is 2. The number of nitrogens with zero attached hydrogens (tertiary/aromatic N) is 3. The first-order valence-corrected chi connectivity index (χ1v) is 7.44. The number of hydrogen-bond donors (Lipinski definition) is 1. The maximum Gasteiger partial charge on any atom is 0.332 e. The van der Waals surface area contributed by atoms with E-state index in [1.165, 1.54) is 17.7 Å². The van der Waals surface area contributed by atoms with Gasteiger partial charge in [0.1, 0.15) is 5.82 Å². The fraction of sp³-hybridized carbons (Fsp3) is 0.667. The van der Waals surface area contributed by atoms with Crippen molar-refractivity contribution in [1.29, 1.82) is 0 Å². The molecule has 0 radical (unpaired) electrons. The van der Waals surface area contributed by atoms with Crippen LogP contribution in [-0.2, 0) is 18.9 Å². The first-order chi connectivity index (χ1) is 10.1. The van der Waals surface area contributed by atoms with Crippen LogP contribution in [-0.4, -0.2) is 33.7 Å². The molecular weight excluding hydrogens is 284 g/mol. The van der Waals surface area contributed by atoms with Gasteiger partial charge in [-0.3, -0.25) is 18.7 Å². The molecule has 0 bridgehead atoms. The number of hydrogen-bond acceptors (Lipinski definition) is 4. The van der Waals surface area contributed by atoms with Gasteiger partial charge in [-0.15, -0.1) is 0 Å². The molecule has 0 saturated carbocycles. The number of carbonyl (C=O) groups is 1. The highest BCUT2D eigenvalue weighted by atomic mass is 16.2. The number of carbonyl (C=O) groups excluding carboxylic acids is 1. The minimum atomic E-state index is -0.356. The second-order valence-corrected chi connectivity index (χ2v) is 6.91. The molecule has 1 amide bonds. The van der Waals surface area contributed by atoms with Gasteiger partial charge in [0, 0.05) is 38.8 Å². The summed E-state index contributed by atoms with van der Waals surface area (Å²) in [5.74, 6) is 0.460. The van der Waals surface area contributed by atoms with E-state index >= 15 is 0 Å². The highest BCUT2D eigenvalue weighted by Crippen LogP contribution is 2.22. The lowest BCUT2D eigenvalue weighted by atomic mass is 10.0. The predicted molar refractivity (Wildman–Crippen MR) is 85.1 cm³/mol. The molecule has 1 fully saturated rings. The molecule has 1 aliphatic rings. The van der Waals surface area contributed by atoms with Crippen LogP contribution >= 0.6 is 0 Å². The Morgan fingerprint density at radius 3 is 2.45 bits per heavy atom. The minimum absolute atomic E-state index is 0.0174. The van der Waals surface area contributed by atoms with Crippen molar-refractivity contribution in [3.63, 3.8) is 0 Å². The van der Waals surface area contributed by atoms with E-state index in [1.54, 1.807) is 7.05 Å². The molecule has 7 heteroatoms. The third-order valence-electron chi connectivity index (χ3n) is 3.88. The second-order valence-electron chi connectivity index (χ2n) is 6.91. The molecule has 1 aromatic heterocycles. The van der Waals surface area contributed by atoms with E-state index in [1.807, 2.05) is 25.7 Å². The van der Waals surface area contributed by atoms with Gasteiger partial charge in [0.05, 0.1) is 5.92 Å². The van der Waals surface area contributed by atoms with Gasteiger partial charge >= 0.3 is 5.69 Å². The predicted octanol–water partition coefficient (Wildman–Crippen LogP) is -0.175. The number of amides is 1. The summed E-state index contributed by atoms with van der Waals surface area (Å²) >= 11 is 0. The first-order valence-electron chi connectivity index (χ1n) is 7.44. The maximum atomic E-state index is 12.2. The van der Waals surface area contributed by atoms with Crippen molar-refractivity contribution in [3.8, 4) is 0 Å². The summed E-state index contributed by atoms with van der Waals surface area (Å²) in [7, 11) is 3.09. The summed E-state index contributed by atoms with van der Waals surface area (Å²) in [4.78, 5) is 38.0. The zero-order valence-corrected chi connectivity index (χ0v) is 13.8. The number of aromatic nitrogens is 2. The lowest BCUT2D eigenvalue weighted by molar-refractivity contribution is -0.125. The Balaban J connectivity index is 2.20. The van der Waals surface area contributed by atoms with E-state index in [0.717, 1.165) is 4.57 Å². The van der Waals surface area contributed by atoms with Gasteiger partial charge in [0.25, 0.3) is 5.56 Å². The van der Waals surface area contributed by atoms with Crippen LogP contribution in [0.1, 0.15) is 27.2 Å². The summed E-state index contributed by atoms with van der Waals surface area (Å²) in [6, 6.07) is 1.45. The average molecular weight is 308 g/mol. The van der Waals surface area contributed by atoms with E-state index in [0.29, 0.717) is 25.3 Å². The van der Waals surface area contributed by atoms with Crippen LogP contribution < -0.4 is 21.5 Å². The highest BCUT2D eigenvalue weighted by Gasteiger charge is 2.31. The quantitative estimate of drug-likeness (QED) is 0.823. The fourth-order valence-corrected chi connectivity index (χ4v) is 2.68. The van der Waals surface area contributed by atoms with Crippen molar-refractivity contribution >= 4 is 11.7 Å². The van der Waals surface area contributed by atoms with Crippen molar-refractivity contribution < 1.29 is 4.79 Å². The number of nitrogens with one attached hydrogen (secondary N) is 1. The standard InChI is InChI=1S/C15H24N4O3/c1-15(2,3)16-13(21)10-6-7-19(9-10)11-8-12(20)18(5)14(22)17(11)4/h8,10H,6-7,9H2,1-5H3,(H,16,21). The Kier molecular flexibility index (Phi) is 4.17. The normalized spacial score (nSPS) is 18.6. The third kappa shape index (κ3) is 3.23. The van der Waals surface area contributed by atoms with Crippen LogP contribution in [0.5, 0.6) is 0 Å². The fourth-order valence-electron chi connectivity index (χ4n) is 2.68. The zero-order chi connectivity index (χ0) is 16.7. The van der Waals surface area contributed by atoms with E-state index in [9.17, 15) is 14.4 Å². The molecule has 0 aliphatic carbocycles. The van der Waals surface area contributed by atoms with Crippen LogP contribution in [0.3, 0.4) is 0 Å². The van der Waals surface area contributed by atoms with E-state index in [2.05, 4.69) is 5.32 Å². The van der Waals surface area contributed by atoms with Crippen LogP contribution in [0.25, 0.3) is 0 Å². The summed E-state index contributed by atoms with van der Waals surface area (Å²) in [6.07, 6.45) is 0.714. The van der Waals surface area contributed by atoms with E-state index < -0.39 is 0 Å². The van der Waals surface area contributed by atoms with E-state index in [4.69, 9.17) is 0 Å². The van der Waals surface area contributed by atoms with Crippen LogP contribution in [0.2, 0.25) is 0 Å². The van der Waals surface area contributed by atoms with Crippen molar-refractivity contribution in [2.75, 3.05) is 18.0 Å². The summed E-state index contributed by atoms with van der Waals surface area (Å²) in [5, 5.41) is 2.98. The molecule has 1 atom stereocenters. The first kappa shape index (κ1) is 16.3. The van der Waals surface area contributed by atoms with Crippen LogP contribution in [0.4, 0.5) is 5.82 Å². The van der Waals surface area contributed by atoms with Gasteiger partial charge in [-0.1, -0.05) is 0 Å². The average Bonchev–Trinajstić information content (AvgIpc) is 2.88. The van der Waals surface area contributed by atoms with Gasteiger partial charge in [0.2, 0.25) is 5.91 Å². The molecular formula is C15H24N4O3. The van der Waals surface area contributed by atoms with Crippen molar-refractivity contribution in [2.24, 2.45) is 20.0 Å². The SMILES string of the molecule is Cn1c(N2CCC(C(=O)NC(C)(C)C)C2)cc(=O)n(C)c1=O. The van der Waals surface area contributed by atoms with Crippen molar-refractivity contribution in [2.45, 2.75) is 32.7 Å². The van der Waals surface area contributed by atoms with Gasteiger partial charge < -0.3 is 10.2 Å². The smallest absolute Gasteiger partial charge is 0.332 e. The lowest BCUT2D eigenvalue weighted by Crippen LogP contribution is -2.45. The van der Waals surface area contributed by atoms with Gasteiger partial charge in [-0.05, 0) is 27.2 Å². The van der Waals surface area contributed by atoms with Crippen molar-refractivity contribution in [3.05, 3.63) is 26.9 Å². The Labute approximate surface area is 129 Å². The topological polar surface area (TPSA) is 76.3 Å². The summed E-state index contributed by atoms with van der Waals surface area (Å²) in [6.45, 7) is 7.01. The highest BCUT2D eigenvalue weighted by molar-refractivity contribution is 5.80. The summed E-state index contributed by atoms with van der Waals surface area (Å²) < 4.78 is 2.52. The van der Waals surface area contributed by atoms with Crippen LogP contribution in [0.15, 0.2) is 15.7 Å². The molecule has 1 N–H and O–H groups in total. The van der Waals surface area contributed by atoms with E-state index in [-0.39, 0.29) is 28.6 Å². The molecule has 7 nitrogen and oxygen atoms in total. The molecule has 2 heterocycles. The molecule has 0 spiro atoms. The third-order valence-corrected chi connectivity index (χ3v) is 3.88. The minimum Gasteiger partial charge on any atom is -0.357 e. The molecule has 1 aromatic rings. The Bertz CT molecular complexity index is 696. The largest absolute Gasteiger partial charge is 0.357 e.